The fourth-order valence-corrected chi connectivity index (χ4v) is 2.52. The van der Waals surface area contributed by atoms with Gasteiger partial charge in [0, 0.05) is 0 Å². The second-order valence-corrected chi connectivity index (χ2v) is 12.4. The molecule has 21 heavy (non-hydrogen) atoms. The van der Waals surface area contributed by atoms with Crippen LogP contribution < -0.4 is 5.48 Å². The van der Waals surface area contributed by atoms with Crippen LogP contribution in [0.2, 0.25) is 19.6 Å². The molecule has 1 spiro atoms. The van der Waals surface area contributed by atoms with Crippen LogP contribution in [-0.4, -0.2) is 43.4 Å². The molecule has 0 bridgehead atoms. The van der Waals surface area contributed by atoms with Crippen molar-refractivity contribution < 1.29 is 14.4 Å². The molecule has 2 aliphatic heterocycles. The topological polar surface area (TPSA) is 50.8 Å². The lowest BCUT2D eigenvalue weighted by Crippen LogP contribution is -2.63. The number of nitrogens with zero attached hydrogens (tertiary/aromatic N) is 1. The number of carbonyl (C=O) groups is 1. The fourth-order valence-electron chi connectivity index (χ4n) is 2.01. The molecule has 2 heterocycles. The minimum atomic E-state index is -1.40. The Morgan fingerprint density at radius 3 is 2.57 bits per heavy atom. The van der Waals surface area contributed by atoms with Gasteiger partial charge < -0.3 is 9.64 Å². The molecule has 0 saturated carbocycles. The van der Waals surface area contributed by atoms with Crippen LogP contribution in [0.15, 0.2) is 11.8 Å². The molecule has 2 aliphatic rings. The number of amides is 1. The standard InChI is InChI=1S/C15H24N2O3Si/c1-14(2,3)19-13(18)17-10-15(11-17)9-12(16-20-15)7-8-21(4,5)6/h9,16H,10-11H2,1-6H3. The van der Waals surface area contributed by atoms with Crippen molar-refractivity contribution in [1.29, 1.82) is 0 Å². The van der Waals surface area contributed by atoms with E-state index < -0.39 is 19.3 Å². The van der Waals surface area contributed by atoms with E-state index in [0.717, 1.165) is 5.70 Å². The maximum atomic E-state index is 11.9. The monoisotopic (exact) mass is 308 g/mol. The number of ether oxygens (including phenoxy) is 1. The van der Waals surface area contributed by atoms with Gasteiger partial charge in [-0.1, -0.05) is 25.6 Å². The number of likely N-dealkylation sites (tertiary alicyclic amines) is 1. The van der Waals surface area contributed by atoms with Crippen molar-refractivity contribution in [3.63, 3.8) is 0 Å². The Morgan fingerprint density at radius 2 is 2.05 bits per heavy atom. The highest BCUT2D eigenvalue weighted by atomic mass is 28.3. The third kappa shape index (κ3) is 4.25. The predicted octanol–water partition coefficient (Wildman–Crippen LogP) is 2.28. The van der Waals surface area contributed by atoms with E-state index in [2.05, 4.69) is 36.6 Å². The summed E-state index contributed by atoms with van der Waals surface area (Å²) in [7, 11) is -1.40. The van der Waals surface area contributed by atoms with Crippen molar-refractivity contribution in [1.82, 2.24) is 10.4 Å². The normalized spacial score (nSPS) is 20.1. The van der Waals surface area contributed by atoms with E-state index in [1.165, 1.54) is 0 Å². The van der Waals surface area contributed by atoms with Crippen LogP contribution in [0, 0.1) is 11.5 Å². The number of nitrogens with one attached hydrogen (secondary N) is 1. The molecule has 0 atom stereocenters. The zero-order valence-electron chi connectivity index (χ0n) is 13.7. The van der Waals surface area contributed by atoms with E-state index in [1.54, 1.807) is 4.90 Å². The summed E-state index contributed by atoms with van der Waals surface area (Å²) in [6.07, 6.45) is 1.67. The molecule has 1 amide bonds. The number of carbonyl (C=O) groups excluding carboxylic acids is 1. The largest absolute Gasteiger partial charge is 0.444 e. The lowest BCUT2D eigenvalue weighted by atomic mass is 9.94. The SMILES string of the molecule is CC(C)(C)OC(=O)N1CC2(C=C(C#C[Si](C)(C)C)NO2)C1. The molecule has 116 valence electrons. The van der Waals surface area contributed by atoms with Gasteiger partial charge in [0.2, 0.25) is 0 Å². The summed E-state index contributed by atoms with van der Waals surface area (Å²) in [6, 6.07) is 0. The molecule has 0 aromatic heterocycles. The lowest BCUT2D eigenvalue weighted by Gasteiger charge is -2.44. The number of rotatable bonds is 0. The van der Waals surface area contributed by atoms with Gasteiger partial charge in [0.05, 0.1) is 13.1 Å². The van der Waals surface area contributed by atoms with Crippen molar-refractivity contribution >= 4 is 14.2 Å². The maximum Gasteiger partial charge on any atom is 0.410 e. The molecule has 0 aromatic rings. The summed E-state index contributed by atoms with van der Waals surface area (Å²) in [5, 5.41) is 0. The number of allylic oxidation sites excluding steroid dienone is 1. The molecule has 6 heteroatoms. The summed E-state index contributed by atoms with van der Waals surface area (Å²) in [4.78, 5) is 19.1. The summed E-state index contributed by atoms with van der Waals surface area (Å²) in [5.41, 5.74) is 6.02. The quantitative estimate of drug-likeness (QED) is 0.551. The Bertz CT molecular complexity index is 526. The van der Waals surface area contributed by atoms with Crippen molar-refractivity contribution in [2.45, 2.75) is 51.6 Å². The Morgan fingerprint density at radius 1 is 1.43 bits per heavy atom. The number of hydrogen-bond donors (Lipinski definition) is 1. The van der Waals surface area contributed by atoms with Crippen molar-refractivity contribution in [2.24, 2.45) is 0 Å². The summed E-state index contributed by atoms with van der Waals surface area (Å²) >= 11 is 0. The Kier molecular flexibility index (Phi) is 3.85. The third-order valence-corrected chi connectivity index (χ3v) is 3.79. The summed E-state index contributed by atoms with van der Waals surface area (Å²) in [5.74, 6) is 3.13. The molecular formula is C15H24N2O3Si. The van der Waals surface area contributed by atoms with Gasteiger partial charge in [-0.3, -0.25) is 10.3 Å². The van der Waals surface area contributed by atoms with E-state index in [0.29, 0.717) is 13.1 Å². The van der Waals surface area contributed by atoms with Gasteiger partial charge in [-0.2, -0.15) is 0 Å². The van der Waals surface area contributed by atoms with E-state index in [1.807, 2.05) is 26.8 Å². The minimum Gasteiger partial charge on any atom is -0.444 e. The second-order valence-electron chi connectivity index (χ2n) is 7.66. The first kappa shape index (κ1) is 15.9. The van der Waals surface area contributed by atoms with Gasteiger partial charge in [0.1, 0.15) is 19.4 Å². The first-order chi connectivity index (χ1) is 9.48. The van der Waals surface area contributed by atoms with Crippen molar-refractivity contribution in [2.75, 3.05) is 13.1 Å². The number of hydroxylamine groups is 1. The molecule has 0 radical (unpaired) electrons. The smallest absolute Gasteiger partial charge is 0.410 e. The van der Waals surface area contributed by atoms with Crippen LogP contribution >= 0.6 is 0 Å². The Hall–Kier alpha value is -1.45. The van der Waals surface area contributed by atoms with Crippen LogP contribution in [0.1, 0.15) is 20.8 Å². The predicted molar refractivity (Wildman–Crippen MR) is 84.0 cm³/mol. The molecule has 5 nitrogen and oxygen atoms in total. The van der Waals surface area contributed by atoms with Crippen LogP contribution in [0.25, 0.3) is 0 Å². The van der Waals surface area contributed by atoms with Gasteiger partial charge in [-0.15, -0.1) is 5.54 Å². The first-order valence-electron chi connectivity index (χ1n) is 7.16. The molecule has 1 fully saturated rings. The molecule has 1 N–H and O–H groups in total. The lowest BCUT2D eigenvalue weighted by molar-refractivity contribution is -0.125. The Balaban J connectivity index is 1.93. The van der Waals surface area contributed by atoms with Crippen LogP contribution in [0.3, 0.4) is 0 Å². The molecular weight excluding hydrogens is 284 g/mol. The van der Waals surface area contributed by atoms with E-state index in [-0.39, 0.29) is 6.09 Å². The number of hydrogen-bond acceptors (Lipinski definition) is 4. The highest BCUT2D eigenvalue weighted by Gasteiger charge is 2.49. The highest BCUT2D eigenvalue weighted by molar-refractivity contribution is 6.83. The van der Waals surface area contributed by atoms with Crippen LogP contribution in [-0.2, 0) is 9.57 Å². The zero-order valence-corrected chi connectivity index (χ0v) is 14.7. The Labute approximate surface area is 127 Å². The second kappa shape index (κ2) is 5.07. The molecule has 0 aliphatic carbocycles. The van der Waals surface area contributed by atoms with Crippen molar-refractivity contribution in [3.05, 3.63) is 11.8 Å². The van der Waals surface area contributed by atoms with Gasteiger partial charge in [-0.25, -0.2) is 4.79 Å². The molecule has 0 unspecified atom stereocenters. The van der Waals surface area contributed by atoms with Crippen LogP contribution in [0.5, 0.6) is 0 Å². The minimum absolute atomic E-state index is 0.299. The first-order valence-corrected chi connectivity index (χ1v) is 10.7. The molecule has 1 saturated heterocycles. The third-order valence-electron chi connectivity index (χ3n) is 2.91. The summed E-state index contributed by atoms with van der Waals surface area (Å²) < 4.78 is 5.33. The van der Waals surface area contributed by atoms with Gasteiger partial charge in [-0.05, 0) is 26.8 Å². The maximum absolute atomic E-state index is 11.9. The van der Waals surface area contributed by atoms with Crippen LogP contribution in [0.4, 0.5) is 4.79 Å². The molecule has 2 rings (SSSR count). The van der Waals surface area contributed by atoms with E-state index in [9.17, 15) is 4.79 Å². The van der Waals surface area contributed by atoms with E-state index in [4.69, 9.17) is 9.57 Å². The average molecular weight is 308 g/mol. The average Bonchev–Trinajstić information content (AvgIpc) is 2.65. The van der Waals surface area contributed by atoms with Gasteiger partial charge in [0.25, 0.3) is 0 Å². The van der Waals surface area contributed by atoms with Crippen molar-refractivity contribution in [3.8, 4) is 11.5 Å². The molecule has 0 aromatic carbocycles. The fraction of sp³-hybridized carbons (Fsp3) is 0.667. The van der Waals surface area contributed by atoms with Gasteiger partial charge in [0.15, 0.2) is 5.60 Å². The highest BCUT2D eigenvalue weighted by Crippen LogP contribution is 2.31. The zero-order chi connectivity index (χ0) is 15.9. The summed E-state index contributed by atoms with van der Waals surface area (Å²) in [6.45, 7) is 13.1. The van der Waals surface area contributed by atoms with Gasteiger partial charge >= 0.3 is 6.09 Å². The van der Waals surface area contributed by atoms with E-state index >= 15 is 0 Å².